The Morgan fingerprint density at radius 2 is 1.48 bits per heavy atom. The van der Waals surface area contributed by atoms with Gasteiger partial charge in [0.05, 0.1) is 31.3 Å². The molecule has 0 aromatic rings. The number of carbonyl (C=O) groups is 2. The molecular formula is C32H56O8Si4. The predicted octanol–water partition coefficient (Wildman–Crippen LogP) is 6.49. The first-order valence-corrected chi connectivity index (χ1v) is 29.8. The van der Waals surface area contributed by atoms with Crippen LogP contribution in [0, 0.1) is 28.6 Å². The lowest BCUT2D eigenvalue weighted by atomic mass is 9.60. The molecule has 5 aliphatic rings. The highest BCUT2D eigenvalue weighted by atomic mass is 28.4. The standard InChI is InChI=1S/C32H56O8Si4/c1-20-26(39-43(10,11)12)30-19-32(20,40-44(13,14)15)23(38-42(7,8)9)18-21(30)31-17-16-22(37-41(4,5)6)29(2,28(34)36-31)25(31)24(30)27(33)35-3/h16-17,21-26H,1,18-19H2,2-15H3/t21?,22-,23-,24?,25?,26?,29?,30+,31+,32-/m0/s1. The molecule has 8 nitrogen and oxygen atoms in total. The number of fused-ring (bicyclic) bond motifs is 1. The van der Waals surface area contributed by atoms with Crippen LogP contribution in [-0.2, 0) is 36.8 Å². The number of hydrogen-bond acceptors (Lipinski definition) is 8. The lowest BCUT2D eigenvalue weighted by Crippen LogP contribution is -2.60. The Bertz CT molecular complexity index is 1270. The molecule has 0 N–H and O–H groups in total. The number of carbonyl (C=O) groups excluding carboxylic acids is 2. The van der Waals surface area contributed by atoms with Gasteiger partial charge in [0, 0.05) is 17.3 Å². The van der Waals surface area contributed by atoms with Crippen LogP contribution >= 0.6 is 0 Å². The number of esters is 2. The Hall–Kier alpha value is -0.872. The molecule has 4 bridgehead atoms. The van der Waals surface area contributed by atoms with Gasteiger partial charge in [-0.2, -0.15) is 0 Å². The molecule has 4 aliphatic carbocycles. The van der Waals surface area contributed by atoms with E-state index in [-0.39, 0.29) is 24.0 Å². The van der Waals surface area contributed by atoms with Crippen LogP contribution in [0.2, 0.25) is 78.6 Å². The average Bonchev–Trinajstić information content (AvgIpc) is 3.24. The molecule has 3 saturated carbocycles. The van der Waals surface area contributed by atoms with Crippen LogP contribution in [0.5, 0.6) is 0 Å². The van der Waals surface area contributed by atoms with Crippen LogP contribution in [0.15, 0.2) is 24.3 Å². The fraction of sp³-hybridized carbons (Fsp3) is 0.812. The van der Waals surface area contributed by atoms with Gasteiger partial charge < -0.3 is 27.2 Å². The second-order valence-electron chi connectivity index (χ2n) is 18.0. The van der Waals surface area contributed by atoms with Gasteiger partial charge in [0.25, 0.3) is 0 Å². The van der Waals surface area contributed by atoms with Crippen molar-refractivity contribution in [3.05, 3.63) is 24.3 Å². The lowest BCUT2D eigenvalue weighted by molar-refractivity contribution is -0.173. The molecule has 248 valence electrons. The summed E-state index contributed by atoms with van der Waals surface area (Å²) in [4.78, 5) is 28.6. The molecule has 1 aliphatic heterocycles. The van der Waals surface area contributed by atoms with Gasteiger partial charge in [0.15, 0.2) is 33.3 Å². The van der Waals surface area contributed by atoms with Crippen molar-refractivity contribution in [2.45, 2.75) is 128 Å². The van der Waals surface area contributed by atoms with Crippen LogP contribution in [0.25, 0.3) is 0 Å². The highest BCUT2D eigenvalue weighted by Gasteiger charge is 2.87. The number of hydrogen-bond donors (Lipinski definition) is 0. The molecule has 10 atom stereocenters. The molecule has 44 heavy (non-hydrogen) atoms. The van der Waals surface area contributed by atoms with Gasteiger partial charge in [0.1, 0.15) is 16.6 Å². The zero-order valence-electron chi connectivity index (χ0n) is 29.5. The maximum Gasteiger partial charge on any atom is 0.316 e. The molecule has 1 spiro atoms. The Morgan fingerprint density at radius 3 is 1.98 bits per heavy atom. The fourth-order valence-corrected chi connectivity index (χ4v) is 14.2. The summed E-state index contributed by atoms with van der Waals surface area (Å²) >= 11 is 0. The minimum atomic E-state index is -2.21. The van der Waals surface area contributed by atoms with Gasteiger partial charge in [-0.05, 0) is 110 Å². The second-order valence-corrected chi connectivity index (χ2v) is 35.9. The molecule has 4 fully saturated rings. The van der Waals surface area contributed by atoms with E-state index in [0.29, 0.717) is 12.8 Å². The molecule has 5 rings (SSSR count). The summed E-state index contributed by atoms with van der Waals surface area (Å²) in [5.74, 6) is -2.10. The Kier molecular flexibility index (Phi) is 7.89. The molecular weight excluding hydrogens is 625 g/mol. The zero-order chi connectivity index (χ0) is 33.3. The van der Waals surface area contributed by atoms with Crippen molar-refractivity contribution in [2.75, 3.05) is 7.11 Å². The normalized spacial score (nSPS) is 43.1. The minimum Gasteiger partial charge on any atom is -0.469 e. The molecule has 0 aromatic carbocycles. The summed E-state index contributed by atoms with van der Waals surface area (Å²) in [5.41, 5.74) is -2.84. The maximum absolute atomic E-state index is 14.4. The average molecular weight is 681 g/mol. The summed E-state index contributed by atoms with van der Waals surface area (Å²) in [6.07, 6.45) is 3.87. The van der Waals surface area contributed by atoms with E-state index in [2.05, 4.69) is 84.6 Å². The minimum absolute atomic E-state index is 0.265. The third-order valence-electron chi connectivity index (χ3n) is 10.3. The van der Waals surface area contributed by atoms with Crippen LogP contribution in [0.1, 0.15) is 19.8 Å². The molecule has 12 heteroatoms. The SMILES string of the molecule is C=C1C(O[Si](C)(C)C)[C@]23C[C@@]1(O[Si](C)(C)C)[C@@H](O[Si](C)(C)C)CC2[C@@]12C=C[C@H](O[Si](C)(C)C)C(C)(C(=O)O1)C2C3C(=O)OC. The van der Waals surface area contributed by atoms with Gasteiger partial charge in [0.2, 0.25) is 0 Å². The first-order valence-electron chi connectivity index (χ1n) is 16.2. The monoisotopic (exact) mass is 680 g/mol. The molecule has 0 radical (unpaired) electrons. The Morgan fingerprint density at radius 1 is 0.909 bits per heavy atom. The van der Waals surface area contributed by atoms with Crippen LogP contribution in [0.3, 0.4) is 0 Å². The smallest absolute Gasteiger partial charge is 0.316 e. The number of ether oxygens (including phenoxy) is 2. The van der Waals surface area contributed by atoms with E-state index in [1.54, 1.807) is 0 Å². The summed E-state index contributed by atoms with van der Waals surface area (Å²) in [5, 5.41) is 0. The third kappa shape index (κ3) is 5.00. The van der Waals surface area contributed by atoms with E-state index < -0.39 is 79.3 Å². The first-order chi connectivity index (χ1) is 19.8. The maximum atomic E-state index is 14.4. The number of rotatable bonds is 9. The lowest BCUT2D eigenvalue weighted by Gasteiger charge is -2.53. The molecule has 0 amide bonds. The van der Waals surface area contributed by atoms with Crippen LogP contribution < -0.4 is 0 Å². The Labute approximate surface area is 269 Å². The van der Waals surface area contributed by atoms with E-state index in [1.807, 2.05) is 13.0 Å². The van der Waals surface area contributed by atoms with Crippen molar-refractivity contribution in [3.8, 4) is 0 Å². The molecule has 1 saturated heterocycles. The van der Waals surface area contributed by atoms with Crippen molar-refractivity contribution in [3.63, 3.8) is 0 Å². The van der Waals surface area contributed by atoms with Crippen molar-refractivity contribution in [2.24, 2.45) is 28.6 Å². The van der Waals surface area contributed by atoms with E-state index in [1.165, 1.54) is 7.11 Å². The summed E-state index contributed by atoms with van der Waals surface area (Å²) in [6, 6.07) is 0. The van der Waals surface area contributed by atoms with Gasteiger partial charge in [-0.3, -0.25) is 9.59 Å². The predicted molar refractivity (Wildman–Crippen MR) is 181 cm³/mol. The largest absolute Gasteiger partial charge is 0.469 e. The summed E-state index contributed by atoms with van der Waals surface area (Å²) in [6.45, 7) is 32.8. The Balaban J connectivity index is 1.82. The van der Waals surface area contributed by atoms with Gasteiger partial charge in [-0.1, -0.05) is 12.7 Å². The van der Waals surface area contributed by atoms with Crippen molar-refractivity contribution in [1.82, 2.24) is 0 Å². The highest BCUT2D eigenvalue weighted by Crippen LogP contribution is 2.79. The van der Waals surface area contributed by atoms with Crippen LogP contribution in [-0.4, -0.2) is 81.8 Å². The van der Waals surface area contributed by atoms with Gasteiger partial charge >= 0.3 is 11.9 Å². The van der Waals surface area contributed by atoms with Gasteiger partial charge in [-0.15, -0.1) is 0 Å². The van der Waals surface area contributed by atoms with E-state index >= 15 is 0 Å². The van der Waals surface area contributed by atoms with Crippen molar-refractivity contribution < 1.29 is 36.8 Å². The van der Waals surface area contributed by atoms with Crippen LogP contribution in [0.4, 0.5) is 0 Å². The van der Waals surface area contributed by atoms with Crippen molar-refractivity contribution >= 4 is 45.2 Å². The van der Waals surface area contributed by atoms with Crippen molar-refractivity contribution in [1.29, 1.82) is 0 Å². The molecule has 0 aromatic heterocycles. The fourth-order valence-electron chi connectivity index (χ4n) is 9.51. The topological polar surface area (TPSA) is 89.5 Å². The number of methoxy groups -OCH3 is 1. The summed E-state index contributed by atoms with van der Waals surface area (Å²) < 4.78 is 40.6. The quantitative estimate of drug-likeness (QED) is 0.155. The third-order valence-corrected chi connectivity index (χ3v) is 14.2. The van der Waals surface area contributed by atoms with E-state index in [0.717, 1.165) is 5.57 Å². The first kappa shape index (κ1) is 34.5. The highest BCUT2D eigenvalue weighted by molar-refractivity contribution is 6.71. The molecule has 1 heterocycles. The van der Waals surface area contributed by atoms with E-state index in [4.69, 9.17) is 33.8 Å². The van der Waals surface area contributed by atoms with Gasteiger partial charge in [-0.25, -0.2) is 0 Å². The van der Waals surface area contributed by atoms with E-state index in [9.17, 15) is 9.59 Å². The zero-order valence-corrected chi connectivity index (χ0v) is 33.5. The second kappa shape index (κ2) is 10.1. The molecule has 5 unspecified atom stereocenters. The summed E-state index contributed by atoms with van der Waals surface area (Å²) in [7, 11) is -7.14.